The van der Waals surface area contributed by atoms with Crippen molar-refractivity contribution in [2.75, 3.05) is 11.4 Å². The van der Waals surface area contributed by atoms with Gasteiger partial charge in [-0.15, -0.1) is 0 Å². The Balaban J connectivity index is 1.61. The average Bonchev–Trinajstić information content (AvgIpc) is 3.20. The lowest BCUT2D eigenvalue weighted by atomic mass is 10.2. The maximum Gasteiger partial charge on any atom is 0.332 e. The second kappa shape index (κ2) is 8.00. The van der Waals surface area contributed by atoms with Gasteiger partial charge in [-0.3, -0.25) is 13.9 Å². The van der Waals surface area contributed by atoms with E-state index in [1.165, 1.54) is 9.13 Å². The number of allylic oxidation sites excluding steroid dienone is 1. The molecule has 1 aliphatic rings. The number of anilines is 2. The zero-order valence-corrected chi connectivity index (χ0v) is 18.2. The fourth-order valence-corrected chi connectivity index (χ4v) is 4.32. The Bertz CT molecular complexity index is 1440. The van der Waals surface area contributed by atoms with Crippen molar-refractivity contribution in [2.45, 2.75) is 26.4 Å². The zero-order chi connectivity index (χ0) is 22.2. The Morgan fingerprint density at radius 2 is 1.84 bits per heavy atom. The van der Waals surface area contributed by atoms with Crippen LogP contribution in [-0.2, 0) is 20.1 Å². The van der Waals surface area contributed by atoms with Crippen LogP contribution in [0.15, 0.2) is 70.3 Å². The van der Waals surface area contributed by atoms with Crippen molar-refractivity contribution in [3.63, 3.8) is 0 Å². The third-order valence-corrected chi connectivity index (χ3v) is 5.93. The van der Waals surface area contributed by atoms with E-state index in [0.29, 0.717) is 23.7 Å². The predicted octanol–water partition coefficient (Wildman–Crippen LogP) is 3.46. The molecule has 0 saturated heterocycles. The molecule has 3 heterocycles. The fourth-order valence-electron chi connectivity index (χ4n) is 4.32. The summed E-state index contributed by atoms with van der Waals surface area (Å²) in [6, 6.07) is 18.1. The van der Waals surface area contributed by atoms with Gasteiger partial charge in [0.05, 0.1) is 0 Å². The van der Waals surface area contributed by atoms with Gasteiger partial charge in [-0.25, -0.2) is 4.79 Å². The summed E-state index contributed by atoms with van der Waals surface area (Å²) in [5.41, 5.74) is 3.47. The third-order valence-electron chi connectivity index (χ3n) is 5.93. The predicted molar refractivity (Wildman–Crippen MR) is 128 cm³/mol. The van der Waals surface area contributed by atoms with Gasteiger partial charge < -0.3 is 9.47 Å². The molecule has 162 valence electrons. The van der Waals surface area contributed by atoms with Crippen molar-refractivity contribution in [3.05, 3.63) is 92.6 Å². The van der Waals surface area contributed by atoms with E-state index in [9.17, 15) is 9.59 Å². The molecule has 0 fully saturated rings. The first-order chi connectivity index (χ1) is 15.5. The van der Waals surface area contributed by atoms with Gasteiger partial charge in [0.25, 0.3) is 5.56 Å². The van der Waals surface area contributed by atoms with Crippen LogP contribution >= 0.6 is 0 Å². The van der Waals surface area contributed by atoms with E-state index in [1.54, 1.807) is 7.05 Å². The van der Waals surface area contributed by atoms with E-state index in [4.69, 9.17) is 4.98 Å². The number of aryl methyl sites for hydroxylation is 3. The molecule has 4 aromatic rings. The summed E-state index contributed by atoms with van der Waals surface area (Å²) in [6.07, 6.45) is 4.65. The van der Waals surface area contributed by atoms with Gasteiger partial charge in [-0.05, 0) is 36.6 Å². The van der Waals surface area contributed by atoms with Crippen LogP contribution in [0.3, 0.4) is 0 Å². The number of nitrogens with zero attached hydrogens (tertiary/aromatic N) is 5. The normalized spacial score (nSPS) is 13.8. The molecule has 0 radical (unpaired) electrons. The molecule has 0 N–H and O–H groups in total. The van der Waals surface area contributed by atoms with Gasteiger partial charge in [-0.2, -0.15) is 4.98 Å². The minimum atomic E-state index is -0.363. The maximum absolute atomic E-state index is 13.4. The van der Waals surface area contributed by atoms with Crippen LogP contribution in [0, 0.1) is 6.92 Å². The van der Waals surface area contributed by atoms with Crippen LogP contribution in [0.4, 0.5) is 11.6 Å². The summed E-state index contributed by atoms with van der Waals surface area (Å²) in [5.74, 6) is 0.710. The number of fused-ring (bicyclic) bond motifs is 3. The molecule has 2 aromatic heterocycles. The number of benzene rings is 2. The van der Waals surface area contributed by atoms with E-state index < -0.39 is 0 Å². The summed E-state index contributed by atoms with van der Waals surface area (Å²) >= 11 is 0. The van der Waals surface area contributed by atoms with Crippen LogP contribution in [0.5, 0.6) is 0 Å². The van der Waals surface area contributed by atoms with Crippen molar-refractivity contribution in [1.29, 1.82) is 0 Å². The lowest BCUT2D eigenvalue weighted by Crippen LogP contribution is -2.39. The molecule has 0 atom stereocenters. The number of hydrogen-bond acceptors (Lipinski definition) is 4. The highest BCUT2D eigenvalue weighted by atomic mass is 16.2. The fraction of sp³-hybridized carbons (Fsp3) is 0.240. The van der Waals surface area contributed by atoms with Crippen molar-refractivity contribution in [1.82, 2.24) is 18.7 Å². The SMILES string of the molecule is Cc1cccc(N2CCCn3c2nc2c3c(=O)n(CC=Cc3ccccc3)c(=O)n2C)c1. The zero-order valence-electron chi connectivity index (χ0n) is 18.2. The second-order valence-electron chi connectivity index (χ2n) is 8.15. The molecule has 5 rings (SSSR count). The Morgan fingerprint density at radius 1 is 1.03 bits per heavy atom. The highest BCUT2D eigenvalue weighted by Crippen LogP contribution is 2.31. The highest BCUT2D eigenvalue weighted by molar-refractivity contribution is 5.77. The van der Waals surface area contributed by atoms with Crippen molar-refractivity contribution >= 4 is 28.9 Å². The molecule has 7 nitrogen and oxygen atoms in total. The Morgan fingerprint density at radius 3 is 2.62 bits per heavy atom. The van der Waals surface area contributed by atoms with Crippen molar-refractivity contribution in [2.24, 2.45) is 7.05 Å². The minimum Gasteiger partial charge on any atom is -0.312 e. The molecule has 2 aromatic carbocycles. The molecule has 0 saturated carbocycles. The van der Waals surface area contributed by atoms with E-state index in [1.807, 2.05) is 59.2 Å². The quantitative estimate of drug-likeness (QED) is 0.500. The molecule has 0 bridgehead atoms. The van der Waals surface area contributed by atoms with Gasteiger partial charge in [-0.1, -0.05) is 54.6 Å². The topological polar surface area (TPSA) is 65.1 Å². The monoisotopic (exact) mass is 427 g/mol. The number of aromatic nitrogens is 4. The van der Waals surface area contributed by atoms with Crippen LogP contribution in [0.2, 0.25) is 0 Å². The molecule has 0 aliphatic carbocycles. The third kappa shape index (κ3) is 3.36. The van der Waals surface area contributed by atoms with Crippen LogP contribution < -0.4 is 16.1 Å². The molecule has 0 spiro atoms. The Hall–Kier alpha value is -3.87. The first-order valence-electron chi connectivity index (χ1n) is 10.8. The molecule has 0 unspecified atom stereocenters. The van der Waals surface area contributed by atoms with E-state index in [0.717, 1.165) is 29.8 Å². The van der Waals surface area contributed by atoms with Crippen molar-refractivity contribution in [3.8, 4) is 0 Å². The Labute approximate surface area is 185 Å². The molecular weight excluding hydrogens is 402 g/mol. The van der Waals surface area contributed by atoms with Gasteiger partial charge in [0.15, 0.2) is 11.2 Å². The molecule has 32 heavy (non-hydrogen) atoms. The Kier molecular flexibility index (Phi) is 5.01. The highest BCUT2D eigenvalue weighted by Gasteiger charge is 2.26. The lowest BCUT2D eigenvalue weighted by Gasteiger charge is -2.29. The number of rotatable bonds is 4. The largest absolute Gasteiger partial charge is 0.332 e. The summed E-state index contributed by atoms with van der Waals surface area (Å²) in [4.78, 5) is 33.3. The van der Waals surface area contributed by atoms with Crippen molar-refractivity contribution < 1.29 is 0 Å². The molecular formula is C25H25N5O2. The lowest BCUT2D eigenvalue weighted by molar-refractivity contribution is 0.598. The molecule has 1 aliphatic heterocycles. The van der Waals surface area contributed by atoms with Gasteiger partial charge in [0, 0.05) is 32.4 Å². The minimum absolute atomic E-state index is 0.207. The smallest absolute Gasteiger partial charge is 0.312 e. The summed E-state index contributed by atoms with van der Waals surface area (Å²) < 4.78 is 4.72. The first-order valence-corrected chi connectivity index (χ1v) is 10.8. The standard InChI is InChI=1S/C25H25N5O2/c1-18-9-6-13-20(17-18)28-15-8-16-29-21-22(26-24(28)29)27(2)25(32)30(23(21)31)14-7-12-19-10-4-3-5-11-19/h3-7,9-13,17H,8,14-16H2,1-2H3. The number of imidazole rings is 1. The maximum atomic E-state index is 13.4. The van der Waals surface area contributed by atoms with Crippen LogP contribution in [-0.4, -0.2) is 25.2 Å². The summed E-state index contributed by atoms with van der Waals surface area (Å²) in [6.45, 7) is 3.77. The summed E-state index contributed by atoms with van der Waals surface area (Å²) in [5, 5.41) is 0. The molecule has 7 heteroatoms. The second-order valence-corrected chi connectivity index (χ2v) is 8.15. The summed E-state index contributed by atoms with van der Waals surface area (Å²) in [7, 11) is 1.68. The van der Waals surface area contributed by atoms with Crippen LogP contribution in [0.1, 0.15) is 17.5 Å². The van der Waals surface area contributed by atoms with E-state index in [2.05, 4.69) is 24.0 Å². The van der Waals surface area contributed by atoms with E-state index in [-0.39, 0.29) is 17.8 Å². The van der Waals surface area contributed by atoms with Crippen LogP contribution in [0.25, 0.3) is 17.2 Å². The molecule has 0 amide bonds. The average molecular weight is 428 g/mol. The van der Waals surface area contributed by atoms with E-state index >= 15 is 0 Å². The van der Waals surface area contributed by atoms with Gasteiger partial charge in [0.1, 0.15) is 0 Å². The van der Waals surface area contributed by atoms with Gasteiger partial charge >= 0.3 is 5.69 Å². The van der Waals surface area contributed by atoms with Gasteiger partial charge in [0.2, 0.25) is 5.95 Å². The number of hydrogen-bond donors (Lipinski definition) is 0. The first kappa shape index (κ1) is 20.1.